The number of non-ortho nitro benzene ring substituents is 1. The van der Waals surface area contributed by atoms with Gasteiger partial charge in [0.1, 0.15) is 16.3 Å². The molecule has 0 aliphatic carbocycles. The second-order valence-corrected chi connectivity index (χ2v) is 8.56. The third-order valence-electron chi connectivity index (χ3n) is 5.54. The average molecular weight is 478 g/mol. The topological polar surface area (TPSA) is 129 Å². The van der Waals surface area contributed by atoms with Crippen LogP contribution < -0.4 is 15.1 Å². The monoisotopic (exact) mass is 478 g/mol. The molecule has 0 radical (unpaired) electrons. The van der Waals surface area contributed by atoms with Crippen LogP contribution in [0.4, 0.5) is 10.8 Å². The molecule has 1 amide bonds. The zero-order chi connectivity index (χ0) is 24.0. The van der Waals surface area contributed by atoms with Crippen LogP contribution in [0.5, 0.6) is 5.75 Å². The van der Waals surface area contributed by atoms with Gasteiger partial charge in [-0.15, -0.1) is 10.2 Å². The van der Waals surface area contributed by atoms with Gasteiger partial charge in [-0.2, -0.15) is 0 Å². The summed E-state index contributed by atoms with van der Waals surface area (Å²) in [4.78, 5) is 39.2. The Balaban J connectivity index is 1.74. The summed E-state index contributed by atoms with van der Waals surface area (Å²) in [6, 6.07) is 9.72. The van der Waals surface area contributed by atoms with Crippen LogP contribution in [-0.4, -0.2) is 27.6 Å². The molecule has 2 aromatic heterocycles. The van der Waals surface area contributed by atoms with Crippen LogP contribution in [0.15, 0.2) is 51.7 Å². The molecule has 1 aliphatic rings. The number of amides is 1. The minimum Gasteiger partial charge on any atom is -0.494 e. The van der Waals surface area contributed by atoms with E-state index in [1.807, 2.05) is 13.8 Å². The molecule has 3 heterocycles. The minimum atomic E-state index is -0.867. The van der Waals surface area contributed by atoms with Gasteiger partial charge in [0.05, 0.1) is 28.5 Å². The Morgan fingerprint density at radius 1 is 1.15 bits per heavy atom. The summed E-state index contributed by atoms with van der Waals surface area (Å²) in [5.41, 5.74) is 0.447. The lowest BCUT2D eigenvalue weighted by Crippen LogP contribution is -2.29. The van der Waals surface area contributed by atoms with E-state index in [9.17, 15) is 19.7 Å². The van der Waals surface area contributed by atoms with Gasteiger partial charge in [-0.05, 0) is 43.2 Å². The molecule has 0 spiro atoms. The van der Waals surface area contributed by atoms with Crippen LogP contribution in [0.2, 0.25) is 0 Å². The highest BCUT2D eigenvalue weighted by Crippen LogP contribution is 2.42. The first-order valence-electron chi connectivity index (χ1n) is 10.6. The molecular weight excluding hydrogens is 460 g/mol. The van der Waals surface area contributed by atoms with Gasteiger partial charge in [0, 0.05) is 18.2 Å². The molecule has 0 saturated carbocycles. The quantitative estimate of drug-likeness (QED) is 0.297. The molecule has 34 heavy (non-hydrogen) atoms. The van der Waals surface area contributed by atoms with Gasteiger partial charge in [0.2, 0.25) is 10.9 Å². The summed E-state index contributed by atoms with van der Waals surface area (Å²) in [5.74, 6) is -0.107. The lowest BCUT2D eigenvalue weighted by molar-refractivity contribution is -0.384. The molecule has 0 saturated heterocycles. The molecule has 1 atom stereocenters. The standard InChI is InChI=1S/C23H18N4O6S/c1-3-17-24-25-23(34-17)26-19(12-5-7-13(8-6-12)27(30)31)18-20(28)15-10-9-14(32-4-2)11-16(15)33-21(18)22(26)29/h5-11,19H,3-4H2,1-2H3. The number of aryl methyl sites for hydroxylation is 1. The van der Waals surface area contributed by atoms with E-state index in [1.54, 1.807) is 18.2 Å². The van der Waals surface area contributed by atoms with E-state index in [1.165, 1.54) is 40.5 Å². The van der Waals surface area contributed by atoms with Crippen LogP contribution >= 0.6 is 11.3 Å². The third kappa shape index (κ3) is 3.41. The largest absolute Gasteiger partial charge is 0.494 e. The first-order valence-corrected chi connectivity index (χ1v) is 11.4. The fraction of sp³-hybridized carbons (Fsp3) is 0.217. The van der Waals surface area contributed by atoms with Crippen molar-refractivity contribution in [1.29, 1.82) is 0 Å². The fourth-order valence-electron chi connectivity index (χ4n) is 3.98. The molecule has 0 bridgehead atoms. The Kier molecular flexibility index (Phi) is 5.33. The predicted octanol–water partition coefficient (Wildman–Crippen LogP) is 4.26. The van der Waals surface area contributed by atoms with Crippen LogP contribution in [0.25, 0.3) is 11.0 Å². The maximum Gasteiger partial charge on any atom is 0.297 e. The van der Waals surface area contributed by atoms with E-state index < -0.39 is 16.9 Å². The Morgan fingerprint density at radius 3 is 2.56 bits per heavy atom. The lowest BCUT2D eigenvalue weighted by Gasteiger charge is -2.21. The molecule has 2 aromatic carbocycles. The molecule has 1 unspecified atom stereocenters. The Labute approximate surface area is 196 Å². The van der Waals surface area contributed by atoms with E-state index in [-0.39, 0.29) is 28.0 Å². The van der Waals surface area contributed by atoms with Crippen molar-refractivity contribution in [2.45, 2.75) is 26.3 Å². The molecule has 1 aliphatic heterocycles. The summed E-state index contributed by atoms with van der Waals surface area (Å²) in [6.07, 6.45) is 0.635. The number of carbonyl (C=O) groups is 1. The predicted molar refractivity (Wildman–Crippen MR) is 125 cm³/mol. The number of anilines is 1. The molecule has 4 aromatic rings. The zero-order valence-electron chi connectivity index (χ0n) is 18.2. The summed E-state index contributed by atoms with van der Waals surface area (Å²) in [6.45, 7) is 4.20. The van der Waals surface area contributed by atoms with Crippen molar-refractivity contribution in [1.82, 2.24) is 10.2 Å². The summed E-state index contributed by atoms with van der Waals surface area (Å²) < 4.78 is 11.5. The molecule has 0 N–H and O–H groups in total. The highest BCUT2D eigenvalue weighted by atomic mass is 32.1. The number of hydrogen-bond acceptors (Lipinski definition) is 9. The Bertz CT molecular complexity index is 1490. The van der Waals surface area contributed by atoms with Crippen LogP contribution in [0.1, 0.15) is 46.6 Å². The molecule has 10 nitrogen and oxygen atoms in total. The zero-order valence-corrected chi connectivity index (χ0v) is 19.0. The second-order valence-electron chi connectivity index (χ2n) is 7.52. The third-order valence-corrected chi connectivity index (χ3v) is 6.61. The van der Waals surface area contributed by atoms with E-state index >= 15 is 0 Å². The number of hydrogen-bond donors (Lipinski definition) is 0. The number of nitro benzene ring substituents is 1. The van der Waals surface area contributed by atoms with Gasteiger partial charge in [-0.25, -0.2) is 0 Å². The highest BCUT2D eigenvalue weighted by molar-refractivity contribution is 7.15. The van der Waals surface area contributed by atoms with Crippen molar-refractivity contribution in [2.75, 3.05) is 11.5 Å². The SMILES string of the molecule is CCOc1ccc2c(=O)c3c(oc2c1)C(=O)N(c1nnc(CC)s1)C3c1ccc([N+](=O)[O-])cc1. The van der Waals surface area contributed by atoms with Crippen molar-refractivity contribution in [3.05, 3.63) is 84.7 Å². The van der Waals surface area contributed by atoms with Crippen LogP contribution in [0.3, 0.4) is 0 Å². The number of aromatic nitrogens is 2. The maximum absolute atomic E-state index is 13.6. The number of nitrogens with zero attached hydrogens (tertiary/aromatic N) is 4. The van der Waals surface area contributed by atoms with Crippen molar-refractivity contribution in [3.63, 3.8) is 0 Å². The average Bonchev–Trinajstić information content (AvgIpc) is 3.42. The smallest absolute Gasteiger partial charge is 0.297 e. The van der Waals surface area contributed by atoms with Crippen LogP contribution in [0, 0.1) is 10.1 Å². The van der Waals surface area contributed by atoms with Crippen molar-refractivity contribution >= 4 is 39.0 Å². The first-order chi connectivity index (χ1) is 16.4. The van der Waals surface area contributed by atoms with Crippen molar-refractivity contribution < 1.29 is 18.9 Å². The number of nitro groups is 1. The highest BCUT2D eigenvalue weighted by Gasteiger charge is 2.45. The lowest BCUT2D eigenvalue weighted by atomic mass is 9.98. The molecule has 0 fully saturated rings. The summed E-state index contributed by atoms with van der Waals surface area (Å²) >= 11 is 1.24. The molecule has 11 heteroatoms. The summed E-state index contributed by atoms with van der Waals surface area (Å²) in [7, 11) is 0. The van der Waals surface area contributed by atoms with Gasteiger partial charge in [-0.3, -0.25) is 24.6 Å². The molecular formula is C23H18N4O6S. The number of rotatable bonds is 6. The van der Waals surface area contributed by atoms with E-state index in [2.05, 4.69) is 10.2 Å². The molecule has 5 rings (SSSR count). The first kappa shape index (κ1) is 21.7. The normalized spacial score (nSPS) is 15.1. The van der Waals surface area contributed by atoms with Crippen molar-refractivity contribution in [2.24, 2.45) is 0 Å². The van der Waals surface area contributed by atoms with Crippen molar-refractivity contribution in [3.8, 4) is 5.75 Å². The number of carbonyl (C=O) groups excluding carboxylic acids is 1. The number of fused-ring (bicyclic) bond motifs is 2. The second kappa shape index (κ2) is 8.34. The number of benzene rings is 2. The van der Waals surface area contributed by atoms with Gasteiger partial charge >= 0.3 is 0 Å². The Morgan fingerprint density at radius 2 is 1.91 bits per heavy atom. The van der Waals surface area contributed by atoms with Gasteiger partial charge in [0.15, 0.2) is 5.43 Å². The maximum atomic E-state index is 13.6. The number of ether oxygens (including phenoxy) is 1. The van der Waals surface area contributed by atoms with Crippen LogP contribution in [-0.2, 0) is 6.42 Å². The van der Waals surface area contributed by atoms with E-state index in [4.69, 9.17) is 9.15 Å². The van der Waals surface area contributed by atoms with Gasteiger partial charge in [-0.1, -0.05) is 18.3 Å². The van der Waals surface area contributed by atoms with E-state index in [0.29, 0.717) is 34.9 Å². The minimum absolute atomic E-state index is 0.0947. The van der Waals surface area contributed by atoms with E-state index in [0.717, 1.165) is 5.01 Å². The molecule has 172 valence electrons. The Hall–Kier alpha value is -4.12. The van der Waals surface area contributed by atoms with Gasteiger partial charge < -0.3 is 9.15 Å². The summed E-state index contributed by atoms with van der Waals surface area (Å²) in [5, 5.41) is 20.7. The van der Waals surface area contributed by atoms with Gasteiger partial charge in [0.25, 0.3) is 11.6 Å². The fourth-order valence-corrected chi connectivity index (χ4v) is 4.79.